The number of ether oxygens (including phenoxy) is 1. The van der Waals surface area contributed by atoms with Crippen molar-refractivity contribution in [1.82, 2.24) is 4.98 Å². The van der Waals surface area contributed by atoms with Crippen LogP contribution in [-0.2, 0) is 0 Å². The van der Waals surface area contributed by atoms with E-state index < -0.39 is 6.61 Å². The molecule has 0 aliphatic heterocycles. The molecule has 0 unspecified atom stereocenters. The zero-order valence-corrected chi connectivity index (χ0v) is 10.2. The minimum Gasteiger partial charge on any atom is -0.433 e. The highest BCUT2D eigenvalue weighted by atomic mass is 19.3. The van der Waals surface area contributed by atoms with Crippen LogP contribution >= 0.6 is 0 Å². The Hall–Kier alpha value is -2.37. The molecule has 0 saturated carbocycles. The number of halogens is 2. The van der Waals surface area contributed by atoms with E-state index in [0.717, 1.165) is 5.56 Å². The molecule has 0 radical (unpaired) electrons. The van der Waals surface area contributed by atoms with Gasteiger partial charge in [0.05, 0.1) is 11.4 Å². The summed E-state index contributed by atoms with van der Waals surface area (Å²) >= 11 is 0. The van der Waals surface area contributed by atoms with Crippen molar-refractivity contribution in [2.75, 3.05) is 11.1 Å². The first-order valence-electron chi connectivity index (χ1n) is 5.59. The molecule has 0 aliphatic carbocycles. The zero-order chi connectivity index (χ0) is 13.8. The summed E-state index contributed by atoms with van der Waals surface area (Å²) in [5.74, 6) is 0.440. The second kappa shape index (κ2) is 5.51. The highest BCUT2D eigenvalue weighted by Crippen LogP contribution is 2.30. The number of nitrogens with two attached hydrogens (primary N) is 1. The zero-order valence-electron chi connectivity index (χ0n) is 10.2. The van der Waals surface area contributed by atoms with Gasteiger partial charge in [-0.25, -0.2) is 4.98 Å². The third-order valence-electron chi connectivity index (χ3n) is 2.41. The highest BCUT2D eigenvalue weighted by Gasteiger charge is 2.10. The number of nitrogen functional groups attached to an aromatic ring is 1. The summed E-state index contributed by atoms with van der Waals surface area (Å²) in [5.41, 5.74) is 7.54. The molecule has 0 aliphatic rings. The summed E-state index contributed by atoms with van der Waals surface area (Å²) < 4.78 is 29.0. The number of hydrogen-bond acceptors (Lipinski definition) is 4. The molecule has 2 rings (SSSR count). The average molecular weight is 265 g/mol. The molecule has 0 bridgehead atoms. The lowest BCUT2D eigenvalue weighted by molar-refractivity contribution is -0.0493. The van der Waals surface area contributed by atoms with Gasteiger partial charge in [-0.05, 0) is 30.7 Å². The van der Waals surface area contributed by atoms with Gasteiger partial charge >= 0.3 is 6.61 Å². The maximum absolute atomic E-state index is 12.3. The van der Waals surface area contributed by atoms with Gasteiger partial charge in [0, 0.05) is 6.20 Å². The normalized spacial score (nSPS) is 10.5. The number of anilines is 3. The van der Waals surface area contributed by atoms with Gasteiger partial charge in [0.1, 0.15) is 5.75 Å². The van der Waals surface area contributed by atoms with Crippen LogP contribution in [0.2, 0.25) is 0 Å². The molecule has 6 heteroatoms. The van der Waals surface area contributed by atoms with Gasteiger partial charge in [-0.2, -0.15) is 8.78 Å². The van der Waals surface area contributed by atoms with Crippen LogP contribution in [0.3, 0.4) is 0 Å². The second-order valence-electron chi connectivity index (χ2n) is 3.95. The molecule has 3 N–H and O–H groups in total. The number of aromatic nitrogens is 1. The fraction of sp³-hybridized carbons (Fsp3) is 0.154. The number of hydrogen-bond donors (Lipinski definition) is 2. The molecular formula is C13H13F2N3O. The summed E-state index contributed by atoms with van der Waals surface area (Å²) in [6.45, 7) is -1.02. The van der Waals surface area contributed by atoms with Crippen molar-refractivity contribution in [1.29, 1.82) is 0 Å². The Morgan fingerprint density at radius 1 is 1.32 bits per heavy atom. The third-order valence-corrected chi connectivity index (χ3v) is 2.41. The maximum Gasteiger partial charge on any atom is 0.387 e. The van der Waals surface area contributed by atoms with Crippen LogP contribution < -0.4 is 15.8 Å². The van der Waals surface area contributed by atoms with E-state index in [1.807, 2.05) is 6.92 Å². The van der Waals surface area contributed by atoms with Gasteiger partial charge in [0.25, 0.3) is 0 Å². The molecule has 2 aromatic rings. The molecule has 1 aromatic carbocycles. The van der Waals surface area contributed by atoms with Gasteiger partial charge in [-0.1, -0.05) is 12.1 Å². The quantitative estimate of drug-likeness (QED) is 0.890. The lowest BCUT2D eigenvalue weighted by atomic mass is 10.2. The molecule has 19 heavy (non-hydrogen) atoms. The first kappa shape index (κ1) is 13.1. The van der Waals surface area contributed by atoms with Crippen LogP contribution in [0.25, 0.3) is 0 Å². The summed E-state index contributed by atoms with van der Waals surface area (Å²) in [5, 5.41) is 2.88. The number of benzene rings is 1. The van der Waals surface area contributed by atoms with Gasteiger partial charge in [0.2, 0.25) is 0 Å². The smallest absolute Gasteiger partial charge is 0.387 e. The summed E-state index contributed by atoms with van der Waals surface area (Å²) in [7, 11) is 0. The van der Waals surface area contributed by atoms with Gasteiger partial charge in [0.15, 0.2) is 5.82 Å². The van der Waals surface area contributed by atoms with Crippen molar-refractivity contribution < 1.29 is 13.5 Å². The fourth-order valence-corrected chi connectivity index (χ4v) is 1.59. The Balaban J connectivity index is 2.27. The lowest BCUT2D eigenvalue weighted by Gasteiger charge is -2.13. The molecule has 1 heterocycles. The van der Waals surface area contributed by atoms with E-state index in [1.54, 1.807) is 30.5 Å². The van der Waals surface area contributed by atoms with Crippen molar-refractivity contribution in [3.63, 3.8) is 0 Å². The molecule has 0 amide bonds. The molecule has 0 saturated heterocycles. The van der Waals surface area contributed by atoms with Crippen LogP contribution in [-0.4, -0.2) is 11.6 Å². The topological polar surface area (TPSA) is 60.2 Å². The van der Waals surface area contributed by atoms with E-state index in [0.29, 0.717) is 17.2 Å². The molecule has 0 spiro atoms. The van der Waals surface area contributed by atoms with E-state index in [2.05, 4.69) is 15.0 Å². The monoisotopic (exact) mass is 265 g/mol. The Bertz CT molecular complexity index is 576. The van der Waals surface area contributed by atoms with Crippen LogP contribution in [0.15, 0.2) is 36.5 Å². The maximum atomic E-state index is 12.3. The SMILES string of the molecule is Cc1cnc(Nc2ccccc2OC(F)F)c(N)c1. The van der Waals surface area contributed by atoms with Gasteiger partial charge in [-0.3, -0.25) is 0 Å². The number of pyridine rings is 1. The van der Waals surface area contributed by atoms with Crippen molar-refractivity contribution >= 4 is 17.2 Å². The first-order valence-corrected chi connectivity index (χ1v) is 5.59. The number of aryl methyl sites for hydroxylation is 1. The number of nitrogens with one attached hydrogen (secondary N) is 1. The average Bonchev–Trinajstić information content (AvgIpc) is 2.34. The van der Waals surface area contributed by atoms with E-state index in [4.69, 9.17) is 5.73 Å². The molecule has 4 nitrogen and oxygen atoms in total. The summed E-state index contributed by atoms with van der Waals surface area (Å²) in [6, 6.07) is 8.10. The molecule has 0 atom stereocenters. The second-order valence-corrected chi connectivity index (χ2v) is 3.95. The summed E-state index contributed by atoms with van der Waals surface area (Å²) in [4.78, 5) is 4.11. The molecule has 100 valence electrons. The predicted octanol–water partition coefficient (Wildman–Crippen LogP) is 3.32. The molecular weight excluding hydrogens is 252 g/mol. The largest absolute Gasteiger partial charge is 0.433 e. The standard InChI is InChI=1S/C13H13F2N3O/c1-8-6-9(16)12(17-7-8)18-10-4-2-3-5-11(10)19-13(14)15/h2-7,13H,16H2,1H3,(H,17,18). The number of nitrogens with zero attached hydrogens (tertiary/aromatic N) is 1. The first-order chi connectivity index (χ1) is 9.06. The van der Waals surface area contributed by atoms with Crippen LogP contribution in [0.5, 0.6) is 5.75 Å². The number of para-hydroxylation sites is 2. The van der Waals surface area contributed by atoms with E-state index in [-0.39, 0.29) is 5.75 Å². The Kier molecular flexibility index (Phi) is 3.79. The third kappa shape index (κ3) is 3.31. The minimum absolute atomic E-state index is 0.0410. The van der Waals surface area contributed by atoms with E-state index in [1.165, 1.54) is 6.07 Å². The molecule has 1 aromatic heterocycles. The van der Waals surface area contributed by atoms with Crippen LogP contribution in [0.1, 0.15) is 5.56 Å². The molecule has 0 fully saturated rings. The number of alkyl halides is 2. The Morgan fingerprint density at radius 2 is 2.05 bits per heavy atom. The Morgan fingerprint density at radius 3 is 2.74 bits per heavy atom. The van der Waals surface area contributed by atoms with Crippen molar-refractivity contribution in [2.45, 2.75) is 13.5 Å². The van der Waals surface area contributed by atoms with E-state index >= 15 is 0 Å². The van der Waals surface area contributed by atoms with Crippen LogP contribution in [0, 0.1) is 6.92 Å². The van der Waals surface area contributed by atoms with Crippen LogP contribution in [0.4, 0.5) is 26.0 Å². The predicted molar refractivity (Wildman–Crippen MR) is 69.7 cm³/mol. The van der Waals surface area contributed by atoms with Gasteiger partial charge < -0.3 is 15.8 Å². The fourth-order valence-electron chi connectivity index (χ4n) is 1.59. The lowest BCUT2D eigenvalue weighted by Crippen LogP contribution is -2.05. The van der Waals surface area contributed by atoms with Crippen molar-refractivity contribution in [3.05, 3.63) is 42.1 Å². The van der Waals surface area contributed by atoms with Crippen molar-refractivity contribution in [2.24, 2.45) is 0 Å². The summed E-state index contributed by atoms with van der Waals surface area (Å²) in [6.07, 6.45) is 1.63. The van der Waals surface area contributed by atoms with Crippen molar-refractivity contribution in [3.8, 4) is 5.75 Å². The minimum atomic E-state index is -2.88. The highest BCUT2D eigenvalue weighted by molar-refractivity contribution is 5.72. The number of rotatable bonds is 4. The Labute approximate surface area is 109 Å². The van der Waals surface area contributed by atoms with Gasteiger partial charge in [-0.15, -0.1) is 0 Å². The van der Waals surface area contributed by atoms with E-state index in [9.17, 15) is 8.78 Å².